The highest BCUT2D eigenvalue weighted by atomic mass is 16.5. The molecule has 0 amide bonds. The summed E-state index contributed by atoms with van der Waals surface area (Å²) in [6.45, 7) is -6.46. The van der Waals surface area contributed by atoms with E-state index in [0.29, 0.717) is 5.56 Å². The summed E-state index contributed by atoms with van der Waals surface area (Å²) < 4.78 is 60.5. The fourth-order valence-corrected chi connectivity index (χ4v) is 2.04. The first-order chi connectivity index (χ1) is 11.4. The number of hydrogen-bond acceptors (Lipinski definition) is 3. The highest BCUT2D eigenvalue weighted by Crippen LogP contribution is 2.36. The first-order valence-corrected chi connectivity index (χ1v) is 5.90. The third-order valence-electron chi connectivity index (χ3n) is 3.07. The smallest absolute Gasteiger partial charge is 0.316 e. The Bertz CT molecular complexity index is 613. The van der Waals surface area contributed by atoms with Gasteiger partial charge in [0.05, 0.1) is 12.0 Å². The molecule has 1 fully saturated rings. The summed E-state index contributed by atoms with van der Waals surface area (Å²) in [5, 5.41) is 0. The Kier molecular flexibility index (Phi) is 2.06. The van der Waals surface area contributed by atoms with Gasteiger partial charge < -0.3 is 9.64 Å². The molecule has 0 radical (unpaired) electrons. The Morgan fingerprint density at radius 2 is 2.11 bits per heavy atom. The summed E-state index contributed by atoms with van der Waals surface area (Å²) in [4.78, 5) is 13.0. The second-order valence-corrected chi connectivity index (χ2v) is 4.17. The van der Waals surface area contributed by atoms with Gasteiger partial charge in [0.1, 0.15) is 0 Å². The fraction of sp³-hybridized carbons (Fsp3) is 0.533. The summed E-state index contributed by atoms with van der Waals surface area (Å²) in [7, 11) is 0. The first kappa shape index (κ1) is 6.71. The number of nitrogens with zero attached hydrogens (tertiary/aromatic N) is 1. The molecule has 0 N–H and O–H groups in total. The number of ether oxygens (including phenoxy) is 1. The van der Waals surface area contributed by atoms with Gasteiger partial charge in [-0.25, -0.2) is 0 Å². The minimum absolute atomic E-state index is 0.0579. The minimum atomic E-state index is -2.98. The van der Waals surface area contributed by atoms with Crippen molar-refractivity contribution >= 4 is 5.97 Å². The molecule has 0 unspecified atom stereocenters. The van der Waals surface area contributed by atoms with E-state index in [4.69, 9.17) is 14.3 Å². The quantitative estimate of drug-likeness (QED) is 0.775. The van der Waals surface area contributed by atoms with Gasteiger partial charge in [-0.05, 0) is 45.3 Å². The van der Waals surface area contributed by atoms with Gasteiger partial charge in [0.25, 0.3) is 0 Å². The van der Waals surface area contributed by atoms with Crippen LogP contribution in [0.4, 0.5) is 0 Å². The molecule has 98 valence electrons. The zero-order valence-corrected chi connectivity index (χ0v) is 10.3. The highest BCUT2D eigenvalue weighted by Gasteiger charge is 2.43. The van der Waals surface area contributed by atoms with Crippen molar-refractivity contribution in [3.63, 3.8) is 0 Å². The third kappa shape index (κ3) is 2.41. The maximum atomic E-state index is 12.7. The number of likely N-dealkylation sites (tertiary alicyclic amines) is 1. The van der Waals surface area contributed by atoms with Crippen molar-refractivity contribution in [3.8, 4) is 0 Å². The number of esters is 1. The monoisotopic (exact) mass is 254 g/mol. The molecule has 1 aromatic carbocycles. The van der Waals surface area contributed by atoms with Crippen molar-refractivity contribution in [1.82, 2.24) is 4.90 Å². The molecule has 3 nitrogen and oxygen atoms in total. The SMILES string of the molecule is [2H]C([2H])([2H])N1C([2H])([2H])CC(C(=O)OCC)(c2ccccc2)CC1([2H])[2H]. The molecule has 1 aliphatic rings. The predicted octanol–water partition coefficient (Wildman–Crippen LogP) is 2.21. The molecule has 0 bridgehead atoms. The Labute approximate surface area is 119 Å². The topological polar surface area (TPSA) is 29.5 Å². The van der Waals surface area contributed by atoms with Crippen LogP contribution in [0, 0.1) is 0 Å². The standard InChI is InChI=1S/C15H21NO2/c1-3-18-14(17)15(9-11-16(2)12-10-15)13-7-5-4-6-8-13/h4-8H,3,9-12H2,1-2H3/i2D3,11D2,12D2. The highest BCUT2D eigenvalue weighted by molar-refractivity contribution is 5.83. The van der Waals surface area contributed by atoms with E-state index < -0.39 is 44.2 Å². The van der Waals surface area contributed by atoms with Crippen molar-refractivity contribution in [2.75, 3.05) is 26.6 Å². The normalized spacial score (nSPS) is 31.5. The molecule has 1 heterocycles. The average molecular weight is 254 g/mol. The summed E-state index contributed by atoms with van der Waals surface area (Å²) in [6.07, 6.45) is -1.03. The van der Waals surface area contributed by atoms with Crippen LogP contribution in [0.5, 0.6) is 0 Å². The number of piperidine rings is 1. The van der Waals surface area contributed by atoms with Crippen molar-refractivity contribution in [2.45, 2.75) is 25.2 Å². The number of carbonyl (C=O) groups is 1. The third-order valence-corrected chi connectivity index (χ3v) is 3.07. The van der Waals surface area contributed by atoms with E-state index in [9.17, 15) is 4.79 Å². The molecule has 0 aromatic heterocycles. The Hall–Kier alpha value is -1.35. The van der Waals surface area contributed by atoms with Crippen molar-refractivity contribution in [3.05, 3.63) is 35.9 Å². The van der Waals surface area contributed by atoms with E-state index in [0.717, 1.165) is 0 Å². The lowest BCUT2D eigenvalue weighted by Gasteiger charge is -2.38. The van der Waals surface area contributed by atoms with Crippen molar-refractivity contribution in [2.24, 2.45) is 0 Å². The number of carbonyl (C=O) groups excluding carboxylic acids is 1. The van der Waals surface area contributed by atoms with Crippen LogP contribution < -0.4 is 0 Å². The van der Waals surface area contributed by atoms with Gasteiger partial charge in [0.2, 0.25) is 0 Å². The van der Waals surface area contributed by atoms with Crippen LogP contribution in [0.3, 0.4) is 0 Å². The number of benzene rings is 1. The van der Waals surface area contributed by atoms with E-state index in [1.54, 1.807) is 37.3 Å². The maximum absolute atomic E-state index is 12.7. The lowest BCUT2D eigenvalue weighted by atomic mass is 9.73. The summed E-state index contributed by atoms with van der Waals surface area (Å²) in [6, 6.07) is 8.26. The van der Waals surface area contributed by atoms with Gasteiger partial charge in [-0.2, -0.15) is 0 Å². The largest absolute Gasteiger partial charge is 0.465 e. The van der Waals surface area contributed by atoms with Gasteiger partial charge >= 0.3 is 5.97 Å². The second kappa shape index (κ2) is 5.53. The molecule has 1 aromatic rings. The lowest BCUT2D eigenvalue weighted by molar-refractivity contribution is -0.152. The first-order valence-electron chi connectivity index (χ1n) is 9.40. The van der Waals surface area contributed by atoms with E-state index in [1.807, 2.05) is 0 Å². The molecule has 1 saturated heterocycles. The van der Waals surface area contributed by atoms with Gasteiger partial charge in [0.15, 0.2) is 0 Å². The van der Waals surface area contributed by atoms with Crippen LogP contribution in [0.1, 0.15) is 34.9 Å². The Morgan fingerprint density at radius 3 is 2.67 bits per heavy atom. The van der Waals surface area contributed by atoms with Crippen LogP contribution >= 0.6 is 0 Å². The maximum Gasteiger partial charge on any atom is 0.316 e. The molecule has 0 saturated carbocycles. The van der Waals surface area contributed by atoms with Gasteiger partial charge in [-0.3, -0.25) is 4.79 Å². The van der Waals surface area contributed by atoms with Crippen molar-refractivity contribution in [1.29, 1.82) is 0 Å². The average Bonchev–Trinajstić information content (AvgIpc) is 2.43. The van der Waals surface area contributed by atoms with Crippen LogP contribution in [-0.4, -0.2) is 37.4 Å². The number of rotatable bonds is 3. The Morgan fingerprint density at radius 1 is 1.44 bits per heavy atom. The molecular weight excluding hydrogens is 226 g/mol. The van der Waals surface area contributed by atoms with Crippen LogP contribution in [-0.2, 0) is 14.9 Å². The summed E-state index contributed by atoms with van der Waals surface area (Å²) in [5.41, 5.74) is -1.20. The Balaban J connectivity index is 2.62. The molecule has 0 atom stereocenters. The van der Waals surface area contributed by atoms with Crippen LogP contribution in [0.2, 0.25) is 0 Å². The number of hydrogen-bond donors (Lipinski definition) is 0. The van der Waals surface area contributed by atoms with Crippen LogP contribution in [0.15, 0.2) is 30.3 Å². The summed E-state index contributed by atoms with van der Waals surface area (Å²) in [5.74, 6) is -0.751. The molecule has 0 spiro atoms. The van der Waals surface area contributed by atoms with Gasteiger partial charge in [-0.1, -0.05) is 30.3 Å². The van der Waals surface area contributed by atoms with Gasteiger partial charge in [-0.15, -0.1) is 0 Å². The summed E-state index contributed by atoms with van der Waals surface area (Å²) >= 11 is 0. The molecule has 3 heteroatoms. The molecule has 0 aliphatic carbocycles. The zero-order chi connectivity index (χ0) is 19.1. The van der Waals surface area contributed by atoms with Crippen molar-refractivity contribution < 1.29 is 19.1 Å². The van der Waals surface area contributed by atoms with Crippen LogP contribution in [0.25, 0.3) is 0 Å². The van der Waals surface area contributed by atoms with E-state index in [2.05, 4.69) is 0 Å². The molecule has 2 rings (SSSR count). The lowest BCUT2D eigenvalue weighted by Crippen LogP contribution is -2.47. The predicted molar refractivity (Wildman–Crippen MR) is 71.5 cm³/mol. The molecule has 18 heavy (non-hydrogen) atoms. The molecule has 1 aliphatic heterocycles. The second-order valence-electron chi connectivity index (χ2n) is 4.17. The van der Waals surface area contributed by atoms with E-state index in [-0.39, 0.29) is 11.5 Å². The molecular formula is C15H21NO2. The fourth-order valence-electron chi connectivity index (χ4n) is 2.04. The minimum Gasteiger partial charge on any atom is -0.465 e. The van der Waals surface area contributed by atoms with Gasteiger partial charge in [0, 0.05) is 9.60 Å². The van der Waals surface area contributed by atoms with E-state index in [1.165, 1.54) is 0 Å². The zero-order valence-electron chi connectivity index (χ0n) is 17.3. The van der Waals surface area contributed by atoms with E-state index >= 15 is 0 Å².